The van der Waals surface area contributed by atoms with Gasteiger partial charge in [0.1, 0.15) is 11.5 Å². The Morgan fingerprint density at radius 2 is 1.61 bits per heavy atom. The first kappa shape index (κ1) is 15.2. The van der Waals surface area contributed by atoms with Crippen molar-refractivity contribution in [3.63, 3.8) is 0 Å². The predicted octanol–water partition coefficient (Wildman–Crippen LogP) is 3.94. The molecule has 0 atom stereocenters. The average Bonchev–Trinajstić information content (AvgIpc) is 3.02. The van der Waals surface area contributed by atoms with E-state index in [1.165, 1.54) is 12.1 Å². The monoisotopic (exact) mass is 327 g/mol. The Morgan fingerprint density at radius 1 is 0.913 bits per heavy atom. The second kappa shape index (κ2) is 6.20. The highest BCUT2D eigenvalue weighted by Gasteiger charge is 2.10. The van der Waals surface area contributed by atoms with Crippen LogP contribution < -0.4 is 0 Å². The van der Waals surface area contributed by atoms with Gasteiger partial charge in [-0.05, 0) is 48.5 Å². The molecule has 3 aromatic rings. The van der Waals surface area contributed by atoms with Crippen molar-refractivity contribution >= 4 is 22.0 Å². The van der Waals surface area contributed by atoms with Crippen molar-refractivity contribution in [3.8, 4) is 11.3 Å². The first-order chi connectivity index (χ1) is 11.0. The number of furan rings is 1. The summed E-state index contributed by atoms with van der Waals surface area (Å²) in [5, 5.41) is 0. The summed E-state index contributed by atoms with van der Waals surface area (Å²) >= 11 is 0. The summed E-state index contributed by atoms with van der Waals surface area (Å²) in [6.45, 7) is 0. The van der Waals surface area contributed by atoms with Crippen molar-refractivity contribution in [1.82, 2.24) is 0 Å². The predicted molar refractivity (Wildman–Crippen MR) is 87.7 cm³/mol. The number of nitrogens with zero attached hydrogens (tertiary/aromatic N) is 1. The Bertz CT molecular complexity index is 926. The lowest BCUT2D eigenvalue weighted by Crippen LogP contribution is -1.96. The van der Waals surface area contributed by atoms with E-state index in [2.05, 4.69) is 4.99 Å². The van der Waals surface area contributed by atoms with Crippen LogP contribution in [0.1, 0.15) is 5.76 Å². The molecule has 23 heavy (non-hydrogen) atoms. The standard InChI is InChI=1S/C17H13NO4S/c19-23(20,21)16-9-6-13(7-10-16)17-11-8-15(22-17)12-18-14-4-2-1-3-5-14/h1-12H,(H,19,20,21). The third-order valence-corrected chi connectivity index (χ3v) is 4.03. The molecule has 0 bridgehead atoms. The summed E-state index contributed by atoms with van der Waals surface area (Å²) in [7, 11) is -4.19. The van der Waals surface area contributed by atoms with Crippen LogP contribution in [0.2, 0.25) is 0 Å². The van der Waals surface area contributed by atoms with Gasteiger partial charge in [-0.15, -0.1) is 0 Å². The lowest BCUT2D eigenvalue weighted by atomic mass is 10.2. The lowest BCUT2D eigenvalue weighted by Gasteiger charge is -1.99. The fraction of sp³-hybridized carbons (Fsp3) is 0. The number of hydrogen-bond donors (Lipinski definition) is 1. The highest BCUT2D eigenvalue weighted by atomic mass is 32.2. The van der Waals surface area contributed by atoms with Gasteiger partial charge >= 0.3 is 0 Å². The summed E-state index contributed by atoms with van der Waals surface area (Å²) in [4.78, 5) is 4.14. The van der Waals surface area contributed by atoms with Gasteiger partial charge in [-0.2, -0.15) is 8.42 Å². The molecule has 1 heterocycles. The number of para-hydroxylation sites is 1. The van der Waals surface area contributed by atoms with Gasteiger partial charge in [0.05, 0.1) is 16.8 Å². The molecule has 6 heteroatoms. The molecule has 0 saturated carbocycles. The minimum atomic E-state index is -4.19. The van der Waals surface area contributed by atoms with Crippen LogP contribution in [0.25, 0.3) is 11.3 Å². The van der Waals surface area contributed by atoms with Crippen molar-refractivity contribution < 1.29 is 17.4 Å². The van der Waals surface area contributed by atoms with Gasteiger partial charge in [0.15, 0.2) is 0 Å². The molecule has 0 spiro atoms. The Morgan fingerprint density at radius 3 is 2.26 bits per heavy atom. The number of benzene rings is 2. The maximum atomic E-state index is 11.0. The summed E-state index contributed by atoms with van der Waals surface area (Å²) in [6, 6.07) is 18.8. The van der Waals surface area contributed by atoms with Crippen molar-refractivity contribution in [3.05, 3.63) is 72.5 Å². The Balaban J connectivity index is 1.81. The highest BCUT2D eigenvalue weighted by Crippen LogP contribution is 2.23. The SMILES string of the molecule is O=S(=O)(O)c1ccc(-c2ccc(C=Nc3ccccc3)o2)cc1. The molecular weight excluding hydrogens is 314 g/mol. The smallest absolute Gasteiger partial charge is 0.294 e. The van der Waals surface area contributed by atoms with Gasteiger partial charge in [0, 0.05) is 5.56 Å². The molecule has 0 radical (unpaired) electrons. The van der Waals surface area contributed by atoms with E-state index in [0.717, 1.165) is 5.69 Å². The molecule has 5 nitrogen and oxygen atoms in total. The molecule has 0 unspecified atom stereocenters. The maximum absolute atomic E-state index is 11.0. The van der Waals surface area contributed by atoms with Crippen molar-refractivity contribution in [2.24, 2.45) is 4.99 Å². The third-order valence-electron chi connectivity index (χ3n) is 3.16. The summed E-state index contributed by atoms with van der Waals surface area (Å²) in [5.41, 5.74) is 1.53. The molecule has 0 aliphatic carbocycles. The third kappa shape index (κ3) is 3.74. The van der Waals surface area contributed by atoms with E-state index < -0.39 is 10.1 Å². The number of aliphatic imine (C=N–C) groups is 1. The second-order valence-corrected chi connectivity index (χ2v) is 6.22. The van der Waals surface area contributed by atoms with Crippen LogP contribution in [0.3, 0.4) is 0 Å². The summed E-state index contributed by atoms with van der Waals surface area (Å²) in [6.07, 6.45) is 1.62. The summed E-state index contributed by atoms with van der Waals surface area (Å²) in [5.74, 6) is 1.17. The van der Waals surface area contributed by atoms with Crippen molar-refractivity contribution in [2.75, 3.05) is 0 Å². The molecule has 1 aromatic heterocycles. The zero-order valence-corrected chi connectivity index (χ0v) is 12.8. The van der Waals surface area contributed by atoms with Gasteiger partial charge in [0.2, 0.25) is 0 Å². The van der Waals surface area contributed by atoms with Crippen molar-refractivity contribution in [2.45, 2.75) is 4.90 Å². The fourth-order valence-electron chi connectivity index (χ4n) is 2.02. The van der Waals surface area contributed by atoms with E-state index in [9.17, 15) is 8.42 Å². The van der Waals surface area contributed by atoms with Crippen molar-refractivity contribution in [1.29, 1.82) is 0 Å². The zero-order chi connectivity index (χ0) is 16.3. The van der Waals surface area contributed by atoms with Crippen LogP contribution in [0.15, 0.2) is 81.0 Å². The normalized spacial score (nSPS) is 11.9. The second-order valence-electron chi connectivity index (χ2n) is 4.80. The van der Waals surface area contributed by atoms with Gasteiger partial charge in [-0.1, -0.05) is 18.2 Å². The summed E-state index contributed by atoms with van der Waals surface area (Å²) < 4.78 is 36.7. The molecule has 0 saturated heterocycles. The van der Waals surface area contributed by atoms with E-state index in [4.69, 9.17) is 8.97 Å². The van der Waals surface area contributed by atoms with Crippen LogP contribution in [0.4, 0.5) is 5.69 Å². The molecule has 0 aliphatic heterocycles. The van der Waals surface area contributed by atoms with Gasteiger partial charge in [-0.3, -0.25) is 9.55 Å². The Hall–Kier alpha value is -2.70. The molecule has 0 aliphatic rings. The molecule has 116 valence electrons. The minimum absolute atomic E-state index is 0.154. The molecule has 2 aromatic carbocycles. The quantitative estimate of drug-likeness (QED) is 0.581. The number of hydrogen-bond acceptors (Lipinski definition) is 4. The van der Waals surface area contributed by atoms with E-state index in [1.807, 2.05) is 30.3 Å². The van der Waals surface area contributed by atoms with Gasteiger partial charge in [0.25, 0.3) is 10.1 Å². The fourth-order valence-corrected chi connectivity index (χ4v) is 2.50. The first-order valence-corrected chi connectivity index (χ1v) is 8.23. The first-order valence-electron chi connectivity index (χ1n) is 6.79. The molecule has 1 N–H and O–H groups in total. The van der Waals surface area contributed by atoms with Crippen LogP contribution >= 0.6 is 0 Å². The zero-order valence-electron chi connectivity index (χ0n) is 12.0. The number of rotatable bonds is 4. The largest absolute Gasteiger partial charge is 0.455 e. The molecular formula is C17H13NO4S. The van der Waals surface area contributed by atoms with Gasteiger partial charge in [-0.25, -0.2) is 0 Å². The van der Waals surface area contributed by atoms with E-state index in [1.54, 1.807) is 30.5 Å². The van der Waals surface area contributed by atoms with Crippen LogP contribution in [0.5, 0.6) is 0 Å². The van der Waals surface area contributed by atoms with Crippen LogP contribution in [0, 0.1) is 0 Å². The van der Waals surface area contributed by atoms with Gasteiger partial charge < -0.3 is 4.42 Å². The topological polar surface area (TPSA) is 79.9 Å². The maximum Gasteiger partial charge on any atom is 0.294 e. The minimum Gasteiger partial charge on any atom is -0.455 e. The van der Waals surface area contributed by atoms with Crippen LogP contribution in [-0.4, -0.2) is 19.2 Å². The Kier molecular flexibility index (Phi) is 4.10. The molecule has 0 fully saturated rings. The average molecular weight is 327 g/mol. The van der Waals surface area contributed by atoms with Crippen LogP contribution in [-0.2, 0) is 10.1 Å². The molecule has 0 amide bonds. The van der Waals surface area contributed by atoms with E-state index in [0.29, 0.717) is 17.1 Å². The Labute approximate surface area is 133 Å². The van der Waals surface area contributed by atoms with E-state index >= 15 is 0 Å². The molecule has 3 rings (SSSR count). The lowest BCUT2D eigenvalue weighted by molar-refractivity contribution is 0.483. The van der Waals surface area contributed by atoms with E-state index in [-0.39, 0.29) is 4.90 Å². The highest BCUT2D eigenvalue weighted by molar-refractivity contribution is 7.85.